The van der Waals surface area contributed by atoms with Crippen LogP contribution in [0.15, 0.2) is 12.2 Å². The van der Waals surface area contributed by atoms with Crippen LogP contribution in [0.2, 0.25) is 0 Å². The molecule has 5 atom stereocenters. The third-order valence-corrected chi connectivity index (χ3v) is 6.24. The molecule has 2 amide bonds. The van der Waals surface area contributed by atoms with E-state index in [0.717, 1.165) is 12.8 Å². The smallest absolute Gasteiger partial charge is 0.233 e. The van der Waals surface area contributed by atoms with Crippen molar-refractivity contribution in [2.24, 2.45) is 29.6 Å². The molecule has 0 N–H and O–H groups in total. The number of likely N-dealkylation sites (tertiary alicyclic amines) is 1. The SMILES string of the molecule is CCCCCC(CCC)CCN1C(=O)C2C3C=CC(C3)C2C1=O. The summed E-state index contributed by atoms with van der Waals surface area (Å²) in [6, 6.07) is 0. The fraction of sp³-hybridized carbons (Fsp3) is 0.800. The predicted molar refractivity (Wildman–Crippen MR) is 91.6 cm³/mol. The van der Waals surface area contributed by atoms with Gasteiger partial charge in [0.25, 0.3) is 0 Å². The molecule has 0 aromatic heterocycles. The molecule has 0 spiro atoms. The van der Waals surface area contributed by atoms with E-state index in [1.54, 1.807) is 4.90 Å². The van der Waals surface area contributed by atoms with Gasteiger partial charge < -0.3 is 0 Å². The maximum absolute atomic E-state index is 12.7. The van der Waals surface area contributed by atoms with Gasteiger partial charge in [0.1, 0.15) is 0 Å². The molecular formula is C20H31NO2. The highest BCUT2D eigenvalue weighted by Crippen LogP contribution is 2.52. The Morgan fingerprint density at radius 1 is 0.957 bits per heavy atom. The van der Waals surface area contributed by atoms with Gasteiger partial charge in [-0.3, -0.25) is 14.5 Å². The number of carbonyl (C=O) groups is 2. The number of amides is 2. The third-order valence-electron chi connectivity index (χ3n) is 6.24. The topological polar surface area (TPSA) is 37.4 Å². The van der Waals surface area contributed by atoms with Gasteiger partial charge in [-0.25, -0.2) is 0 Å². The molecule has 3 rings (SSSR count). The van der Waals surface area contributed by atoms with Crippen LogP contribution in [-0.2, 0) is 9.59 Å². The van der Waals surface area contributed by atoms with Gasteiger partial charge in [-0.15, -0.1) is 0 Å². The second-order valence-electron chi connectivity index (χ2n) is 7.77. The van der Waals surface area contributed by atoms with Gasteiger partial charge in [0, 0.05) is 6.54 Å². The van der Waals surface area contributed by atoms with Crippen molar-refractivity contribution < 1.29 is 9.59 Å². The minimum absolute atomic E-state index is 0.0257. The van der Waals surface area contributed by atoms with Gasteiger partial charge >= 0.3 is 0 Å². The van der Waals surface area contributed by atoms with Crippen molar-refractivity contribution in [3.05, 3.63) is 12.2 Å². The fourth-order valence-electron chi connectivity index (χ4n) is 5.02. The number of carbonyl (C=O) groups excluding carboxylic acids is 2. The van der Waals surface area contributed by atoms with E-state index >= 15 is 0 Å². The Balaban J connectivity index is 1.55. The summed E-state index contributed by atoms with van der Waals surface area (Å²) in [5, 5.41) is 0. The van der Waals surface area contributed by atoms with Crippen molar-refractivity contribution in [2.45, 2.75) is 65.2 Å². The highest BCUT2D eigenvalue weighted by molar-refractivity contribution is 6.06. The maximum atomic E-state index is 12.7. The van der Waals surface area contributed by atoms with Gasteiger partial charge in [-0.1, -0.05) is 64.5 Å². The van der Waals surface area contributed by atoms with Crippen LogP contribution in [-0.4, -0.2) is 23.3 Å². The minimum atomic E-state index is -0.0257. The summed E-state index contributed by atoms with van der Waals surface area (Å²) in [6.45, 7) is 5.12. The van der Waals surface area contributed by atoms with Crippen LogP contribution in [0, 0.1) is 29.6 Å². The largest absolute Gasteiger partial charge is 0.282 e. The zero-order chi connectivity index (χ0) is 16.4. The third kappa shape index (κ3) is 3.12. The highest BCUT2D eigenvalue weighted by Gasteiger charge is 2.58. The minimum Gasteiger partial charge on any atom is -0.282 e. The van der Waals surface area contributed by atoms with Crippen molar-refractivity contribution >= 4 is 11.8 Å². The van der Waals surface area contributed by atoms with Crippen LogP contribution in [0.25, 0.3) is 0 Å². The Bertz CT molecular complexity index is 454. The normalized spacial score (nSPS) is 32.9. The maximum Gasteiger partial charge on any atom is 0.233 e. The van der Waals surface area contributed by atoms with E-state index < -0.39 is 0 Å². The lowest BCUT2D eigenvalue weighted by Crippen LogP contribution is -2.34. The molecule has 2 aliphatic carbocycles. The van der Waals surface area contributed by atoms with Gasteiger partial charge in [0.15, 0.2) is 0 Å². The monoisotopic (exact) mass is 317 g/mol. The van der Waals surface area contributed by atoms with Crippen molar-refractivity contribution in [1.29, 1.82) is 0 Å². The molecule has 1 aliphatic heterocycles. The summed E-state index contributed by atoms with van der Waals surface area (Å²) in [7, 11) is 0. The van der Waals surface area contributed by atoms with Crippen LogP contribution >= 0.6 is 0 Å². The number of allylic oxidation sites excluding steroid dienone is 2. The van der Waals surface area contributed by atoms with E-state index in [9.17, 15) is 9.59 Å². The van der Waals surface area contributed by atoms with Crippen LogP contribution < -0.4 is 0 Å². The van der Waals surface area contributed by atoms with Gasteiger partial charge in [0.05, 0.1) is 11.8 Å². The van der Waals surface area contributed by atoms with Gasteiger partial charge in [-0.2, -0.15) is 0 Å². The summed E-state index contributed by atoms with van der Waals surface area (Å²) in [5.74, 6) is 1.54. The van der Waals surface area contributed by atoms with Crippen LogP contribution in [0.1, 0.15) is 65.2 Å². The van der Waals surface area contributed by atoms with Crippen LogP contribution in [0.4, 0.5) is 0 Å². The molecule has 128 valence electrons. The average molecular weight is 317 g/mol. The quantitative estimate of drug-likeness (QED) is 0.363. The molecule has 3 heteroatoms. The Kier molecular flexibility index (Phi) is 5.23. The van der Waals surface area contributed by atoms with E-state index in [0.29, 0.717) is 24.3 Å². The van der Waals surface area contributed by atoms with Crippen molar-refractivity contribution in [2.75, 3.05) is 6.54 Å². The molecule has 3 nitrogen and oxygen atoms in total. The number of fused-ring (bicyclic) bond motifs is 5. The molecule has 3 aliphatic rings. The second-order valence-corrected chi connectivity index (χ2v) is 7.77. The lowest BCUT2D eigenvalue weighted by Gasteiger charge is -2.21. The number of hydrogen-bond donors (Lipinski definition) is 0. The zero-order valence-electron chi connectivity index (χ0n) is 14.7. The zero-order valence-corrected chi connectivity index (χ0v) is 14.7. The molecule has 0 aromatic carbocycles. The van der Waals surface area contributed by atoms with Crippen molar-refractivity contribution in [1.82, 2.24) is 4.90 Å². The van der Waals surface area contributed by atoms with Crippen molar-refractivity contribution in [3.8, 4) is 0 Å². The van der Waals surface area contributed by atoms with Crippen molar-refractivity contribution in [3.63, 3.8) is 0 Å². The standard InChI is InChI=1S/C20H31NO2/c1-3-5-6-8-14(7-4-2)11-12-21-19(22)17-15-9-10-16(13-15)18(17)20(21)23/h9-10,14-18H,3-8,11-13H2,1-2H3. The number of rotatable bonds is 9. The Morgan fingerprint density at radius 3 is 2.17 bits per heavy atom. The first kappa shape index (κ1) is 16.7. The van der Waals surface area contributed by atoms with E-state index in [1.807, 2.05) is 0 Å². The molecule has 1 saturated carbocycles. The Labute approximate surface area is 140 Å². The molecular weight excluding hydrogens is 286 g/mol. The number of nitrogens with zero attached hydrogens (tertiary/aromatic N) is 1. The predicted octanol–water partition coefficient (Wildman–Crippen LogP) is 4.18. The molecule has 0 radical (unpaired) electrons. The average Bonchev–Trinajstić information content (AvgIpc) is 3.21. The van der Waals surface area contributed by atoms with Crippen LogP contribution in [0.3, 0.4) is 0 Å². The first-order chi connectivity index (χ1) is 11.2. The van der Waals surface area contributed by atoms with Gasteiger partial charge in [-0.05, 0) is 30.6 Å². The molecule has 5 unspecified atom stereocenters. The number of unbranched alkanes of at least 4 members (excludes halogenated alkanes) is 2. The first-order valence-corrected chi connectivity index (χ1v) is 9.70. The lowest BCUT2D eigenvalue weighted by molar-refractivity contribution is -0.140. The van der Waals surface area contributed by atoms with E-state index in [2.05, 4.69) is 26.0 Å². The molecule has 2 fully saturated rings. The summed E-state index contributed by atoms with van der Waals surface area (Å²) < 4.78 is 0. The molecule has 1 heterocycles. The molecule has 23 heavy (non-hydrogen) atoms. The Hall–Kier alpha value is -1.12. The summed E-state index contributed by atoms with van der Waals surface area (Å²) in [6.07, 6.45) is 13.9. The van der Waals surface area contributed by atoms with E-state index in [1.165, 1.54) is 38.5 Å². The molecule has 0 aromatic rings. The van der Waals surface area contributed by atoms with Crippen LogP contribution in [0.5, 0.6) is 0 Å². The number of hydrogen-bond acceptors (Lipinski definition) is 2. The first-order valence-electron chi connectivity index (χ1n) is 9.70. The van der Waals surface area contributed by atoms with E-state index in [4.69, 9.17) is 0 Å². The second kappa shape index (κ2) is 7.19. The summed E-state index contributed by atoms with van der Waals surface area (Å²) in [5.41, 5.74) is 0. The fourth-order valence-corrected chi connectivity index (χ4v) is 5.02. The summed E-state index contributed by atoms with van der Waals surface area (Å²) in [4.78, 5) is 27.0. The summed E-state index contributed by atoms with van der Waals surface area (Å²) >= 11 is 0. The molecule has 2 bridgehead atoms. The van der Waals surface area contributed by atoms with Gasteiger partial charge in [0.2, 0.25) is 11.8 Å². The molecule has 1 saturated heterocycles. The Morgan fingerprint density at radius 2 is 1.61 bits per heavy atom. The van der Waals surface area contributed by atoms with E-state index in [-0.39, 0.29) is 23.7 Å². The highest BCUT2D eigenvalue weighted by atomic mass is 16.2. The number of imide groups is 1. The lowest BCUT2D eigenvalue weighted by atomic mass is 9.85.